The molecule has 1 aromatic rings. The van der Waals surface area contributed by atoms with Crippen LogP contribution in [0.4, 0.5) is 10.1 Å². The van der Waals surface area contributed by atoms with Gasteiger partial charge in [0.05, 0.1) is 16.5 Å². The maximum Gasteiger partial charge on any atom is 0.233 e. The normalized spacial score (nSPS) is 11.4. The first-order valence-electron chi connectivity index (χ1n) is 3.96. The van der Waals surface area contributed by atoms with Gasteiger partial charge in [-0.15, -0.1) is 11.6 Å². The topological polar surface area (TPSA) is 46.2 Å². The van der Waals surface area contributed by atoms with Gasteiger partial charge in [-0.1, -0.05) is 11.6 Å². The van der Waals surface area contributed by atoms with Crippen molar-refractivity contribution in [2.24, 2.45) is 0 Å². The Labute approximate surface area is 97.2 Å². The van der Waals surface area contributed by atoms with Crippen LogP contribution < -0.4 is 4.72 Å². The van der Waals surface area contributed by atoms with Crippen molar-refractivity contribution in [1.29, 1.82) is 0 Å². The van der Waals surface area contributed by atoms with Gasteiger partial charge in [0.15, 0.2) is 0 Å². The largest absolute Gasteiger partial charge is 0.283 e. The highest BCUT2D eigenvalue weighted by molar-refractivity contribution is 7.92. The highest BCUT2D eigenvalue weighted by Gasteiger charge is 2.10. The van der Waals surface area contributed by atoms with E-state index < -0.39 is 15.8 Å². The summed E-state index contributed by atoms with van der Waals surface area (Å²) in [6.45, 7) is 0. The summed E-state index contributed by atoms with van der Waals surface area (Å²) in [7, 11) is -3.51. The standard InChI is InChI=1S/C8H8Cl2FNO2S/c9-3-4-15(13,14)12-6-1-2-7(10)8(11)5-6/h1-2,5,12H,3-4H2. The van der Waals surface area contributed by atoms with Crippen LogP contribution in [0.2, 0.25) is 5.02 Å². The maximum absolute atomic E-state index is 12.9. The number of benzene rings is 1. The summed E-state index contributed by atoms with van der Waals surface area (Å²) in [6, 6.07) is 3.65. The number of sulfonamides is 1. The van der Waals surface area contributed by atoms with Crippen molar-refractivity contribution in [3.63, 3.8) is 0 Å². The monoisotopic (exact) mass is 271 g/mol. The van der Waals surface area contributed by atoms with Crippen LogP contribution in [0.5, 0.6) is 0 Å². The minimum atomic E-state index is -3.51. The average molecular weight is 272 g/mol. The van der Waals surface area contributed by atoms with E-state index in [1.807, 2.05) is 0 Å². The highest BCUT2D eigenvalue weighted by Crippen LogP contribution is 2.19. The number of nitrogens with one attached hydrogen (secondary N) is 1. The van der Waals surface area contributed by atoms with Gasteiger partial charge < -0.3 is 0 Å². The van der Waals surface area contributed by atoms with Gasteiger partial charge in [0.1, 0.15) is 5.82 Å². The number of hydrogen-bond donors (Lipinski definition) is 1. The van der Waals surface area contributed by atoms with Gasteiger partial charge in [-0.25, -0.2) is 12.8 Å². The molecular weight excluding hydrogens is 264 g/mol. The zero-order valence-corrected chi connectivity index (χ0v) is 9.83. The molecule has 1 N–H and O–H groups in total. The predicted octanol–water partition coefficient (Wildman–Crippen LogP) is 2.46. The highest BCUT2D eigenvalue weighted by atomic mass is 35.5. The molecule has 0 aromatic heterocycles. The van der Waals surface area contributed by atoms with Gasteiger partial charge in [-0.3, -0.25) is 4.72 Å². The Hall–Kier alpha value is -0.520. The lowest BCUT2D eigenvalue weighted by atomic mass is 10.3. The molecule has 15 heavy (non-hydrogen) atoms. The Morgan fingerprint density at radius 2 is 2.07 bits per heavy atom. The van der Waals surface area contributed by atoms with Crippen LogP contribution in [0.15, 0.2) is 18.2 Å². The SMILES string of the molecule is O=S(=O)(CCCl)Nc1ccc(Cl)c(F)c1. The molecule has 7 heteroatoms. The van der Waals surface area contributed by atoms with E-state index in [-0.39, 0.29) is 22.3 Å². The van der Waals surface area contributed by atoms with Crippen molar-refractivity contribution >= 4 is 38.9 Å². The van der Waals surface area contributed by atoms with E-state index >= 15 is 0 Å². The molecule has 0 aliphatic heterocycles. The van der Waals surface area contributed by atoms with Crippen LogP contribution in [0.1, 0.15) is 0 Å². The molecule has 0 saturated heterocycles. The van der Waals surface area contributed by atoms with Crippen molar-refractivity contribution in [3.8, 4) is 0 Å². The molecule has 0 aliphatic rings. The predicted molar refractivity (Wildman–Crippen MR) is 59.5 cm³/mol. The molecule has 1 rings (SSSR count). The Bertz CT molecular complexity index is 450. The van der Waals surface area contributed by atoms with Gasteiger partial charge in [0.25, 0.3) is 0 Å². The molecule has 1 aromatic carbocycles. The van der Waals surface area contributed by atoms with Gasteiger partial charge in [0.2, 0.25) is 10.0 Å². The zero-order chi connectivity index (χ0) is 11.5. The lowest BCUT2D eigenvalue weighted by Gasteiger charge is -2.06. The van der Waals surface area contributed by atoms with Gasteiger partial charge in [0, 0.05) is 5.88 Å². The number of halogens is 3. The first-order valence-corrected chi connectivity index (χ1v) is 6.52. The van der Waals surface area contributed by atoms with Crippen molar-refractivity contribution < 1.29 is 12.8 Å². The second-order valence-electron chi connectivity index (χ2n) is 2.74. The summed E-state index contributed by atoms with van der Waals surface area (Å²) < 4.78 is 37.6. The van der Waals surface area contributed by atoms with Crippen molar-refractivity contribution in [3.05, 3.63) is 29.0 Å². The fraction of sp³-hybridized carbons (Fsp3) is 0.250. The van der Waals surface area contributed by atoms with Crippen LogP contribution in [0.3, 0.4) is 0 Å². The van der Waals surface area contributed by atoms with E-state index in [9.17, 15) is 12.8 Å². The van der Waals surface area contributed by atoms with Crippen LogP contribution in [-0.2, 0) is 10.0 Å². The Morgan fingerprint density at radius 3 is 2.60 bits per heavy atom. The van der Waals surface area contributed by atoms with E-state index in [0.717, 1.165) is 6.07 Å². The third kappa shape index (κ3) is 3.85. The van der Waals surface area contributed by atoms with E-state index in [2.05, 4.69) is 4.72 Å². The second kappa shape index (κ2) is 5.01. The molecule has 0 aliphatic carbocycles. The van der Waals surface area contributed by atoms with E-state index in [4.69, 9.17) is 23.2 Å². The summed E-state index contributed by atoms with van der Waals surface area (Å²) in [6.07, 6.45) is 0. The molecule has 0 bridgehead atoms. The number of hydrogen-bond acceptors (Lipinski definition) is 2. The smallest absolute Gasteiger partial charge is 0.233 e. The quantitative estimate of drug-likeness (QED) is 0.856. The minimum absolute atomic E-state index is 0.0224. The third-order valence-corrected chi connectivity index (χ3v) is 3.55. The van der Waals surface area contributed by atoms with Crippen LogP contribution >= 0.6 is 23.2 Å². The molecule has 0 radical (unpaired) electrons. The fourth-order valence-corrected chi connectivity index (χ4v) is 2.41. The fourth-order valence-electron chi connectivity index (χ4n) is 0.892. The summed E-state index contributed by atoms with van der Waals surface area (Å²) in [5, 5.41) is -0.0599. The number of alkyl halides is 1. The Balaban J connectivity index is 2.86. The summed E-state index contributed by atoms with van der Waals surface area (Å²) in [5.74, 6) is -0.924. The molecule has 0 unspecified atom stereocenters. The first-order chi connectivity index (χ1) is 6.94. The van der Waals surface area contributed by atoms with Crippen molar-refractivity contribution in [1.82, 2.24) is 0 Å². The second-order valence-corrected chi connectivity index (χ2v) is 5.37. The van der Waals surface area contributed by atoms with Crippen molar-refractivity contribution in [2.45, 2.75) is 0 Å². The average Bonchev–Trinajstić information content (AvgIpc) is 2.10. The molecule has 84 valence electrons. The minimum Gasteiger partial charge on any atom is -0.283 e. The lowest BCUT2D eigenvalue weighted by Crippen LogP contribution is -2.17. The van der Waals surface area contributed by atoms with E-state index in [0.29, 0.717) is 0 Å². The molecule has 3 nitrogen and oxygen atoms in total. The number of anilines is 1. The van der Waals surface area contributed by atoms with Gasteiger partial charge in [-0.05, 0) is 18.2 Å². The van der Waals surface area contributed by atoms with Crippen LogP contribution in [0, 0.1) is 5.82 Å². The molecule has 0 heterocycles. The van der Waals surface area contributed by atoms with Crippen LogP contribution in [-0.4, -0.2) is 20.1 Å². The van der Waals surface area contributed by atoms with E-state index in [1.54, 1.807) is 0 Å². The zero-order valence-electron chi connectivity index (χ0n) is 7.50. The van der Waals surface area contributed by atoms with Crippen molar-refractivity contribution in [2.75, 3.05) is 16.4 Å². The maximum atomic E-state index is 12.9. The van der Waals surface area contributed by atoms with E-state index in [1.165, 1.54) is 12.1 Å². The molecule has 0 atom stereocenters. The van der Waals surface area contributed by atoms with Gasteiger partial charge in [-0.2, -0.15) is 0 Å². The Kier molecular flexibility index (Phi) is 4.19. The van der Waals surface area contributed by atoms with Crippen LogP contribution in [0.25, 0.3) is 0 Å². The first kappa shape index (κ1) is 12.5. The molecule has 0 saturated carbocycles. The lowest BCUT2D eigenvalue weighted by molar-refractivity contribution is 0.602. The summed E-state index contributed by atoms with van der Waals surface area (Å²) in [4.78, 5) is 0. The van der Waals surface area contributed by atoms with Gasteiger partial charge >= 0.3 is 0 Å². The number of rotatable bonds is 4. The third-order valence-electron chi connectivity index (χ3n) is 1.54. The summed E-state index contributed by atoms with van der Waals surface area (Å²) in [5.41, 5.74) is 0.127. The molecule has 0 spiro atoms. The molecule has 0 amide bonds. The molecule has 0 fully saturated rings. The Morgan fingerprint density at radius 1 is 1.40 bits per heavy atom. The molecular formula is C8H8Cl2FNO2S. The summed E-state index contributed by atoms with van der Waals surface area (Å²) >= 11 is 10.7.